The van der Waals surface area contributed by atoms with E-state index in [0.717, 1.165) is 6.54 Å². The van der Waals surface area contributed by atoms with Crippen LogP contribution in [0.1, 0.15) is 6.92 Å². The maximum atomic E-state index is 4.49. The molecule has 0 aromatic heterocycles. The van der Waals surface area contributed by atoms with E-state index in [9.17, 15) is 0 Å². The molecule has 0 atom stereocenters. The molecule has 0 bridgehead atoms. The predicted molar refractivity (Wildman–Crippen MR) is 63.7 cm³/mol. The first kappa shape index (κ1) is 9.70. The number of allylic oxidation sites excluding steroid dienone is 2. The van der Waals surface area contributed by atoms with E-state index in [1.165, 1.54) is 20.6 Å². The minimum atomic E-state index is 0.491. The molecule has 14 heavy (non-hydrogen) atoms. The van der Waals surface area contributed by atoms with Crippen molar-refractivity contribution in [1.82, 2.24) is 9.62 Å². The second-order valence-electron chi connectivity index (χ2n) is 2.76. The summed E-state index contributed by atoms with van der Waals surface area (Å²) >= 11 is 0.981. The Kier molecular flexibility index (Phi) is 2.64. The van der Waals surface area contributed by atoms with E-state index in [1.54, 1.807) is 20.7 Å². The van der Waals surface area contributed by atoms with Gasteiger partial charge < -0.3 is 0 Å². The van der Waals surface area contributed by atoms with Gasteiger partial charge in [-0.15, -0.1) is 0 Å². The molecule has 3 rings (SSSR count). The number of hydrogen-bond acceptors (Lipinski definition) is 4. The van der Waals surface area contributed by atoms with Gasteiger partial charge in [0.15, 0.2) is 0 Å². The number of rotatable bonds is 1. The molecule has 0 aliphatic carbocycles. The quantitative estimate of drug-likeness (QED) is 0.519. The standard InChI is InChI=1S/C7H6N3S2Se2/c1-2-10-6-4(13-11-8-6)3-5-7(10)9-12-14-5/h3H,2H2,1H3. The monoisotopic (exact) mass is 356 g/mol. The van der Waals surface area contributed by atoms with Crippen LogP contribution in [0, 0.1) is 0 Å². The first-order valence-corrected chi connectivity index (χ1v) is 11.4. The fourth-order valence-electron chi connectivity index (χ4n) is 1.41. The van der Waals surface area contributed by atoms with E-state index < -0.39 is 0 Å². The molecule has 0 amide bonds. The summed E-state index contributed by atoms with van der Waals surface area (Å²) < 4.78 is 11.9. The van der Waals surface area contributed by atoms with Crippen LogP contribution in [0.2, 0.25) is 0 Å². The zero-order valence-electron chi connectivity index (χ0n) is 7.26. The van der Waals surface area contributed by atoms with Gasteiger partial charge in [-0.25, -0.2) is 0 Å². The molecule has 7 heteroatoms. The Bertz CT molecular complexity index is 377. The van der Waals surface area contributed by atoms with Crippen LogP contribution in [-0.2, 0) is 0 Å². The molecular formula is C7H6N3S2Se2. The molecule has 3 heterocycles. The zero-order chi connectivity index (χ0) is 9.54. The van der Waals surface area contributed by atoms with Crippen molar-refractivity contribution in [1.29, 1.82) is 0 Å². The average molecular weight is 354 g/mol. The van der Waals surface area contributed by atoms with Gasteiger partial charge in [0.1, 0.15) is 0 Å². The van der Waals surface area contributed by atoms with Crippen molar-refractivity contribution >= 4 is 54.2 Å². The topological polar surface area (TPSA) is 29.7 Å². The predicted octanol–water partition coefficient (Wildman–Crippen LogP) is 0.940. The Morgan fingerprint density at radius 2 is 2.36 bits per heavy atom. The molecule has 0 aromatic rings. The number of nitrogens with zero attached hydrogens (tertiary/aromatic N) is 3. The van der Waals surface area contributed by atoms with Crippen LogP contribution < -0.4 is 4.72 Å². The Morgan fingerprint density at radius 3 is 3.21 bits per heavy atom. The summed E-state index contributed by atoms with van der Waals surface area (Å²) in [4.78, 5) is 2.26. The van der Waals surface area contributed by atoms with Crippen LogP contribution in [0.25, 0.3) is 0 Å². The van der Waals surface area contributed by atoms with E-state index in [2.05, 4.69) is 27.0 Å². The van der Waals surface area contributed by atoms with Crippen LogP contribution in [0.4, 0.5) is 0 Å². The number of likely N-dealkylation sites (N-methyl/N-ethyl adjacent to an activating group) is 1. The van der Waals surface area contributed by atoms with Gasteiger partial charge in [-0.3, -0.25) is 0 Å². The van der Waals surface area contributed by atoms with Gasteiger partial charge in [-0.2, -0.15) is 0 Å². The Balaban J connectivity index is 2.07. The molecule has 0 unspecified atom stereocenters. The molecule has 1 radical (unpaired) electrons. The molecule has 0 spiro atoms. The van der Waals surface area contributed by atoms with Crippen LogP contribution in [0.15, 0.2) is 25.2 Å². The van der Waals surface area contributed by atoms with Gasteiger partial charge in [0.2, 0.25) is 0 Å². The first-order valence-electron chi connectivity index (χ1n) is 4.10. The third-order valence-electron chi connectivity index (χ3n) is 2.03. The number of amidine groups is 1. The van der Waals surface area contributed by atoms with Crippen LogP contribution in [0.3, 0.4) is 0 Å². The molecule has 3 aliphatic heterocycles. The molecule has 0 N–H and O–H groups in total. The van der Waals surface area contributed by atoms with Gasteiger partial charge >= 0.3 is 103 Å². The van der Waals surface area contributed by atoms with E-state index in [0.29, 0.717) is 27.7 Å². The van der Waals surface area contributed by atoms with E-state index in [4.69, 9.17) is 0 Å². The molecule has 0 saturated heterocycles. The van der Waals surface area contributed by atoms with Crippen molar-refractivity contribution in [3.05, 3.63) is 20.8 Å². The molecule has 3 aliphatic rings. The fraction of sp³-hybridized carbons (Fsp3) is 0.286. The Hall–Kier alpha value is 0.489. The van der Waals surface area contributed by atoms with Crippen molar-refractivity contribution < 1.29 is 0 Å². The molecule has 0 fully saturated rings. The summed E-state index contributed by atoms with van der Waals surface area (Å²) in [6.07, 6.45) is 2.32. The summed E-state index contributed by atoms with van der Waals surface area (Å²) in [7, 11) is 3.42. The normalized spacial score (nSPS) is 24.2. The molecule has 3 nitrogen and oxygen atoms in total. The zero-order valence-corrected chi connectivity index (χ0v) is 12.3. The molecule has 73 valence electrons. The van der Waals surface area contributed by atoms with Gasteiger partial charge in [0.05, 0.1) is 0 Å². The molecule has 0 aromatic carbocycles. The summed E-state index contributed by atoms with van der Waals surface area (Å²) in [6, 6.07) is 0. The second kappa shape index (κ2) is 3.81. The Morgan fingerprint density at radius 1 is 1.43 bits per heavy atom. The van der Waals surface area contributed by atoms with Crippen molar-refractivity contribution in [2.24, 2.45) is 4.40 Å². The first-order chi connectivity index (χ1) is 6.90. The summed E-state index contributed by atoms with van der Waals surface area (Å²) in [6.45, 7) is 3.14. The van der Waals surface area contributed by atoms with Crippen molar-refractivity contribution in [2.75, 3.05) is 6.54 Å². The van der Waals surface area contributed by atoms with E-state index in [-0.39, 0.29) is 0 Å². The summed E-state index contributed by atoms with van der Waals surface area (Å²) in [5.74, 6) is 2.33. The average Bonchev–Trinajstić information content (AvgIpc) is 2.80. The number of hydrogen-bond donors (Lipinski definition) is 0. The maximum absolute atomic E-state index is 4.49. The van der Waals surface area contributed by atoms with Crippen molar-refractivity contribution in [2.45, 2.75) is 6.92 Å². The summed E-state index contributed by atoms with van der Waals surface area (Å²) in [5, 5.41) is 0. The van der Waals surface area contributed by atoms with Gasteiger partial charge in [-0.05, 0) is 0 Å². The van der Waals surface area contributed by atoms with Gasteiger partial charge in [0, 0.05) is 0 Å². The van der Waals surface area contributed by atoms with E-state index in [1.807, 2.05) is 0 Å². The number of fused-ring (bicyclic) bond motifs is 1. The van der Waals surface area contributed by atoms with Crippen LogP contribution in [-0.4, -0.2) is 45.0 Å². The molecule has 0 saturated carbocycles. The third kappa shape index (κ3) is 1.39. The molecular weight excluding hydrogens is 348 g/mol. The van der Waals surface area contributed by atoms with Gasteiger partial charge in [-0.1, -0.05) is 0 Å². The van der Waals surface area contributed by atoms with E-state index >= 15 is 0 Å². The SMILES string of the molecule is CCN1C2=NS[Se]C2=CC2=C1[N]S[Se]2. The fourth-order valence-corrected chi connectivity index (χ4v) is 8.13. The van der Waals surface area contributed by atoms with Crippen LogP contribution >= 0.6 is 20.7 Å². The summed E-state index contributed by atoms with van der Waals surface area (Å²) in [5.41, 5.74) is 0. The van der Waals surface area contributed by atoms with Gasteiger partial charge in [0.25, 0.3) is 0 Å². The van der Waals surface area contributed by atoms with Crippen LogP contribution in [0.5, 0.6) is 0 Å². The second-order valence-corrected chi connectivity index (χ2v) is 9.58. The third-order valence-corrected chi connectivity index (χ3v) is 8.43. The minimum absolute atomic E-state index is 0.491. The Labute approximate surface area is 102 Å². The van der Waals surface area contributed by atoms with Crippen molar-refractivity contribution in [3.8, 4) is 0 Å². The van der Waals surface area contributed by atoms with Crippen molar-refractivity contribution in [3.63, 3.8) is 0 Å².